The van der Waals surface area contributed by atoms with Crippen molar-refractivity contribution in [2.45, 2.75) is 0 Å². The molecule has 0 saturated heterocycles. The van der Waals surface area contributed by atoms with Crippen LogP contribution in [0, 0.1) is 0 Å². The Bertz CT molecular complexity index is 2580. The van der Waals surface area contributed by atoms with Gasteiger partial charge in [-0.15, -0.1) is 0 Å². The van der Waals surface area contributed by atoms with Gasteiger partial charge in [-0.2, -0.15) is 0 Å². The van der Waals surface area contributed by atoms with Crippen LogP contribution in [0.25, 0.3) is 65.7 Å². The van der Waals surface area contributed by atoms with Crippen LogP contribution in [0.3, 0.4) is 0 Å². The van der Waals surface area contributed by atoms with Crippen molar-refractivity contribution in [3.63, 3.8) is 0 Å². The molecule has 0 aliphatic rings. The van der Waals surface area contributed by atoms with E-state index in [1.807, 2.05) is 0 Å². The molecule has 0 radical (unpaired) electrons. The zero-order chi connectivity index (χ0) is 32.6. The molecule has 0 N–H and O–H groups in total. The van der Waals surface area contributed by atoms with Crippen LogP contribution >= 0.6 is 0 Å². The molecular formula is C48H33N. The number of nitrogens with zero attached hydrogens (tertiary/aromatic N) is 1. The molecule has 230 valence electrons. The summed E-state index contributed by atoms with van der Waals surface area (Å²) in [5.41, 5.74) is 10.6. The summed E-state index contributed by atoms with van der Waals surface area (Å²) in [7, 11) is 0. The van der Waals surface area contributed by atoms with Gasteiger partial charge in [0.2, 0.25) is 0 Å². The first kappa shape index (κ1) is 28.8. The molecule has 0 amide bonds. The van der Waals surface area contributed by atoms with Gasteiger partial charge in [-0.1, -0.05) is 164 Å². The first-order chi connectivity index (χ1) is 24.3. The Balaban J connectivity index is 1.24. The Hall–Kier alpha value is -6.44. The number of hydrogen-bond acceptors (Lipinski definition) is 1. The summed E-state index contributed by atoms with van der Waals surface area (Å²) < 4.78 is 0. The van der Waals surface area contributed by atoms with Crippen molar-refractivity contribution in [3.05, 3.63) is 200 Å². The Morgan fingerprint density at radius 2 is 0.816 bits per heavy atom. The normalized spacial score (nSPS) is 11.3. The fourth-order valence-corrected chi connectivity index (χ4v) is 7.31. The summed E-state index contributed by atoms with van der Waals surface area (Å²) in [6.07, 6.45) is 0. The minimum Gasteiger partial charge on any atom is -0.310 e. The van der Waals surface area contributed by atoms with Crippen molar-refractivity contribution in [3.8, 4) is 33.4 Å². The fourth-order valence-electron chi connectivity index (χ4n) is 7.31. The second kappa shape index (κ2) is 12.3. The van der Waals surface area contributed by atoms with Gasteiger partial charge in [-0.05, 0) is 96.5 Å². The van der Waals surface area contributed by atoms with Crippen LogP contribution in [0.4, 0.5) is 17.1 Å². The summed E-state index contributed by atoms with van der Waals surface area (Å²) in [5, 5.41) is 7.58. The maximum atomic E-state index is 2.40. The Morgan fingerprint density at radius 3 is 1.59 bits per heavy atom. The van der Waals surface area contributed by atoms with E-state index in [9.17, 15) is 0 Å². The average molecular weight is 624 g/mol. The SMILES string of the molecule is c1ccc(-c2ccc(-c3cccc4ccccc34)cc2N(c2ccccc2)c2ccc(-c3cc4ccccc4c4ccccc34)cc2)cc1. The van der Waals surface area contributed by atoms with E-state index < -0.39 is 0 Å². The van der Waals surface area contributed by atoms with Gasteiger partial charge in [0.15, 0.2) is 0 Å². The van der Waals surface area contributed by atoms with Crippen LogP contribution in [0.5, 0.6) is 0 Å². The quantitative estimate of drug-likeness (QED) is 0.167. The van der Waals surface area contributed by atoms with Crippen LogP contribution in [-0.4, -0.2) is 0 Å². The third kappa shape index (κ3) is 5.23. The van der Waals surface area contributed by atoms with E-state index in [-0.39, 0.29) is 0 Å². The number of para-hydroxylation sites is 1. The first-order valence-corrected chi connectivity index (χ1v) is 16.9. The predicted molar refractivity (Wildman–Crippen MR) is 210 cm³/mol. The van der Waals surface area contributed by atoms with Gasteiger partial charge in [-0.3, -0.25) is 0 Å². The molecule has 0 aromatic heterocycles. The Labute approximate surface area is 287 Å². The largest absolute Gasteiger partial charge is 0.310 e. The molecule has 1 heteroatoms. The highest BCUT2D eigenvalue weighted by Gasteiger charge is 2.19. The summed E-state index contributed by atoms with van der Waals surface area (Å²) in [5.74, 6) is 0. The monoisotopic (exact) mass is 623 g/mol. The molecule has 9 aromatic rings. The van der Waals surface area contributed by atoms with E-state index in [0.29, 0.717) is 0 Å². The molecule has 9 aromatic carbocycles. The minimum absolute atomic E-state index is 1.10. The number of anilines is 3. The second-order valence-electron chi connectivity index (χ2n) is 12.5. The van der Waals surface area contributed by atoms with Crippen molar-refractivity contribution >= 4 is 49.4 Å². The standard InChI is InChI=1S/C48H33N/c1-3-14-35(15-4-1)44-31-28-38(42-25-13-18-34-16-7-9-21-41(34)42)33-48(44)49(39-19-5-2-6-20-39)40-29-26-36(27-30-40)47-32-37-17-8-10-22-43(37)45-23-11-12-24-46(45)47/h1-33H. The zero-order valence-electron chi connectivity index (χ0n) is 27.0. The number of hydrogen-bond donors (Lipinski definition) is 0. The first-order valence-electron chi connectivity index (χ1n) is 16.9. The zero-order valence-corrected chi connectivity index (χ0v) is 27.0. The molecule has 0 heterocycles. The summed E-state index contributed by atoms with van der Waals surface area (Å²) >= 11 is 0. The van der Waals surface area contributed by atoms with Crippen LogP contribution < -0.4 is 4.90 Å². The highest BCUT2D eigenvalue weighted by atomic mass is 15.1. The summed E-state index contributed by atoms with van der Waals surface area (Å²) in [6, 6.07) is 72.5. The van der Waals surface area contributed by atoms with Gasteiger partial charge in [0.25, 0.3) is 0 Å². The van der Waals surface area contributed by atoms with Gasteiger partial charge < -0.3 is 4.90 Å². The number of benzene rings is 9. The summed E-state index contributed by atoms with van der Waals surface area (Å²) in [6.45, 7) is 0. The van der Waals surface area contributed by atoms with E-state index in [0.717, 1.165) is 17.1 Å². The fraction of sp³-hybridized carbons (Fsp3) is 0. The van der Waals surface area contributed by atoms with E-state index in [4.69, 9.17) is 0 Å². The van der Waals surface area contributed by atoms with Crippen molar-refractivity contribution in [1.82, 2.24) is 0 Å². The lowest BCUT2D eigenvalue weighted by atomic mass is 9.93. The lowest BCUT2D eigenvalue weighted by molar-refractivity contribution is 1.28. The van der Waals surface area contributed by atoms with Crippen LogP contribution in [0.2, 0.25) is 0 Å². The maximum Gasteiger partial charge on any atom is 0.0546 e. The van der Waals surface area contributed by atoms with Gasteiger partial charge in [0, 0.05) is 16.9 Å². The molecule has 0 atom stereocenters. The molecule has 0 fully saturated rings. The van der Waals surface area contributed by atoms with Crippen LogP contribution in [0.1, 0.15) is 0 Å². The Kier molecular flexibility index (Phi) is 7.22. The molecule has 0 aliphatic carbocycles. The highest BCUT2D eigenvalue weighted by molar-refractivity contribution is 6.13. The second-order valence-corrected chi connectivity index (χ2v) is 12.5. The molecule has 0 spiro atoms. The van der Waals surface area contributed by atoms with Crippen LogP contribution in [-0.2, 0) is 0 Å². The van der Waals surface area contributed by atoms with Crippen molar-refractivity contribution in [2.24, 2.45) is 0 Å². The van der Waals surface area contributed by atoms with Gasteiger partial charge in [-0.25, -0.2) is 0 Å². The third-order valence-electron chi connectivity index (χ3n) is 9.64. The predicted octanol–water partition coefficient (Wildman–Crippen LogP) is 13.6. The molecule has 9 rings (SSSR count). The van der Waals surface area contributed by atoms with Gasteiger partial charge in [0.1, 0.15) is 0 Å². The van der Waals surface area contributed by atoms with E-state index in [2.05, 4.69) is 205 Å². The van der Waals surface area contributed by atoms with Gasteiger partial charge in [0.05, 0.1) is 5.69 Å². The molecule has 1 nitrogen and oxygen atoms in total. The van der Waals surface area contributed by atoms with Crippen molar-refractivity contribution < 1.29 is 0 Å². The summed E-state index contributed by atoms with van der Waals surface area (Å²) in [4.78, 5) is 2.40. The highest BCUT2D eigenvalue weighted by Crippen LogP contribution is 2.44. The molecule has 0 unspecified atom stereocenters. The maximum absolute atomic E-state index is 2.40. The molecular weight excluding hydrogens is 591 g/mol. The van der Waals surface area contributed by atoms with Crippen molar-refractivity contribution in [2.75, 3.05) is 4.90 Å². The lowest BCUT2D eigenvalue weighted by Crippen LogP contribution is -2.11. The van der Waals surface area contributed by atoms with Crippen molar-refractivity contribution in [1.29, 1.82) is 0 Å². The molecule has 0 aliphatic heterocycles. The number of rotatable bonds is 6. The number of fused-ring (bicyclic) bond motifs is 4. The smallest absolute Gasteiger partial charge is 0.0546 e. The minimum atomic E-state index is 1.10. The van der Waals surface area contributed by atoms with E-state index in [1.165, 1.54) is 65.7 Å². The average Bonchev–Trinajstić information content (AvgIpc) is 3.18. The lowest BCUT2D eigenvalue weighted by Gasteiger charge is -2.29. The Morgan fingerprint density at radius 1 is 0.265 bits per heavy atom. The topological polar surface area (TPSA) is 3.24 Å². The van der Waals surface area contributed by atoms with E-state index in [1.54, 1.807) is 0 Å². The van der Waals surface area contributed by atoms with E-state index >= 15 is 0 Å². The van der Waals surface area contributed by atoms with Crippen LogP contribution in [0.15, 0.2) is 200 Å². The molecule has 49 heavy (non-hydrogen) atoms. The third-order valence-corrected chi connectivity index (χ3v) is 9.64. The molecule has 0 bridgehead atoms. The van der Waals surface area contributed by atoms with Gasteiger partial charge >= 0.3 is 0 Å². The molecule has 0 saturated carbocycles.